The Labute approximate surface area is 117 Å². The molecule has 1 aliphatic rings. The van der Waals surface area contributed by atoms with E-state index in [1.54, 1.807) is 6.92 Å². The van der Waals surface area contributed by atoms with Crippen LogP contribution in [-0.4, -0.2) is 24.6 Å². The highest BCUT2D eigenvalue weighted by molar-refractivity contribution is 6.32. The van der Waals surface area contributed by atoms with Crippen LogP contribution in [0.5, 0.6) is 5.75 Å². The number of nitrogens with zero attached hydrogens (tertiary/aromatic N) is 1. The average molecular weight is 285 g/mol. The molecule has 1 fully saturated rings. The Morgan fingerprint density at radius 3 is 3.00 bits per heavy atom. The molecule has 0 saturated carbocycles. The maximum atomic E-state index is 10.7. The predicted molar refractivity (Wildman–Crippen MR) is 73.9 cm³/mol. The number of nitrogens with one attached hydrogen (secondary N) is 1. The molecule has 0 aromatic heterocycles. The number of nitro groups is 1. The van der Waals surface area contributed by atoms with Gasteiger partial charge in [-0.05, 0) is 44.3 Å². The molecule has 0 amide bonds. The van der Waals surface area contributed by atoms with Gasteiger partial charge in [-0.1, -0.05) is 11.6 Å². The molecule has 1 N–H and O–H groups in total. The lowest BCUT2D eigenvalue weighted by molar-refractivity contribution is -0.384. The molecule has 1 aromatic carbocycles. The van der Waals surface area contributed by atoms with E-state index in [4.69, 9.17) is 16.3 Å². The van der Waals surface area contributed by atoms with E-state index in [1.807, 2.05) is 0 Å². The van der Waals surface area contributed by atoms with Gasteiger partial charge < -0.3 is 10.1 Å². The molecule has 104 valence electrons. The standard InChI is InChI=1S/C13H17ClN2O3/c1-9-6-12(16(17)18)11(14)7-13(9)19-5-3-10-2-4-15-8-10/h6-7,10,15H,2-5,8H2,1H3. The van der Waals surface area contributed by atoms with E-state index in [2.05, 4.69) is 5.32 Å². The molecule has 6 heteroatoms. The summed E-state index contributed by atoms with van der Waals surface area (Å²) in [5, 5.41) is 14.2. The number of halogens is 1. The van der Waals surface area contributed by atoms with Crippen molar-refractivity contribution in [3.05, 3.63) is 32.8 Å². The SMILES string of the molecule is Cc1cc([N+](=O)[O-])c(Cl)cc1OCCC1CCNC1. The van der Waals surface area contributed by atoms with Crippen molar-refractivity contribution in [2.24, 2.45) is 5.92 Å². The summed E-state index contributed by atoms with van der Waals surface area (Å²) in [6.45, 7) is 4.52. The highest BCUT2D eigenvalue weighted by Crippen LogP contribution is 2.32. The van der Waals surface area contributed by atoms with Gasteiger partial charge in [0, 0.05) is 12.1 Å². The zero-order chi connectivity index (χ0) is 13.8. The van der Waals surface area contributed by atoms with E-state index < -0.39 is 4.92 Å². The molecule has 19 heavy (non-hydrogen) atoms. The van der Waals surface area contributed by atoms with Crippen LogP contribution in [0.4, 0.5) is 5.69 Å². The summed E-state index contributed by atoms with van der Waals surface area (Å²) in [4.78, 5) is 10.3. The van der Waals surface area contributed by atoms with Gasteiger partial charge in [-0.3, -0.25) is 10.1 Å². The summed E-state index contributed by atoms with van der Waals surface area (Å²) < 4.78 is 5.68. The first-order chi connectivity index (χ1) is 9.08. The number of hydrogen-bond donors (Lipinski definition) is 1. The summed E-state index contributed by atoms with van der Waals surface area (Å²) >= 11 is 5.87. The maximum absolute atomic E-state index is 10.7. The second-order valence-corrected chi connectivity index (χ2v) is 5.23. The fourth-order valence-electron chi connectivity index (χ4n) is 2.24. The lowest BCUT2D eigenvalue weighted by Crippen LogP contribution is -2.12. The molecule has 0 aliphatic carbocycles. The normalized spacial score (nSPS) is 18.5. The molecule has 1 heterocycles. The van der Waals surface area contributed by atoms with Crippen LogP contribution in [0.3, 0.4) is 0 Å². The summed E-state index contributed by atoms with van der Waals surface area (Å²) in [7, 11) is 0. The van der Waals surface area contributed by atoms with Gasteiger partial charge in [-0.2, -0.15) is 0 Å². The summed E-state index contributed by atoms with van der Waals surface area (Å²) in [6.07, 6.45) is 2.17. The third-order valence-electron chi connectivity index (χ3n) is 3.39. The second kappa shape index (κ2) is 6.21. The molecule has 1 aromatic rings. The number of hydrogen-bond acceptors (Lipinski definition) is 4. The van der Waals surface area contributed by atoms with Crippen molar-refractivity contribution in [3.8, 4) is 5.75 Å². The fraction of sp³-hybridized carbons (Fsp3) is 0.538. The van der Waals surface area contributed by atoms with E-state index >= 15 is 0 Å². The number of rotatable bonds is 5. The first-order valence-corrected chi connectivity index (χ1v) is 6.74. The average Bonchev–Trinajstić information content (AvgIpc) is 2.85. The fourth-order valence-corrected chi connectivity index (χ4v) is 2.46. The molecule has 0 radical (unpaired) electrons. The number of ether oxygens (including phenoxy) is 1. The second-order valence-electron chi connectivity index (χ2n) is 4.82. The van der Waals surface area contributed by atoms with Gasteiger partial charge in [0.1, 0.15) is 10.8 Å². The van der Waals surface area contributed by atoms with Gasteiger partial charge in [0.05, 0.1) is 11.5 Å². The highest BCUT2D eigenvalue weighted by Gasteiger charge is 2.17. The van der Waals surface area contributed by atoms with Gasteiger partial charge in [-0.15, -0.1) is 0 Å². The monoisotopic (exact) mass is 284 g/mol. The topological polar surface area (TPSA) is 64.4 Å². The minimum atomic E-state index is -0.483. The van der Waals surface area contributed by atoms with Crippen LogP contribution in [0, 0.1) is 23.0 Å². The smallest absolute Gasteiger partial charge is 0.288 e. The number of nitro benzene ring substituents is 1. The lowest BCUT2D eigenvalue weighted by Gasteiger charge is -2.12. The Kier molecular flexibility index (Phi) is 4.61. The van der Waals surface area contributed by atoms with E-state index in [1.165, 1.54) is 18.6 Å². The molecule has 0 spiro atoms. The van der Waals surface area contributed by atoms with E-state index in [0.717, 1.165) is 25.1 Å². The van der Waals surface area contributed by atoms with E-state index in [-0.39, 0.29) is 10.7 Å². The van der Waals surface area contributed by atoms with Crippen LogP contribution in [0.15, 0.2) is 12.1 Å². The minimum Gasteiger partial charge on any atom is -0.493 e. The highest BCUT2D eigenvalue weighted by atomic mass is 35.5. The Hall–Kier alpha value is -1.33. The van der Waals surface area contributed by atoms with Gasteiger partial charge in [0.25, 0.3) is 5.69 Å². The Morgan fingerprint density at radius 2 is 2.37 bits per heavy atom. The molecule has 0 bridgehead atoms. The Balaban J connectivity index is 1.96. The van der Waals surface area contributed by atoms with Crippen molar-refractivity contribution in [1.29, 1.82) is 0 Å². The van der Waals surface area contributed by atoms with Crippen LogP contribution >= 0.6 is 11.6 Å². The first-order valence-electron chi connectivity index (χ1n) is 6.36. The number of aryl methyl sites for hydroxylation is 1. The molecule has 5 nitrogen and oxygen atoms in total. The summed E-state index contributed by atoms with van der Waals surface area (Å²) in [5.41, 5.74) is 0.659. The molecular weight excluding hydrogens is 268 g/mol. The zero-order valence-corrected chi connectivity index (χ0v) is 11.6. The summed E-state index contributed by atoms with van der Waals surface area (Å²) in [6, 6.07) is 2.98. The third kappa shape index (κ3) is 3.58. The Bertz CT molecular complexity index is 473. The van der Waals surface area contributed by atoms with Crippen LogP contribution in [0.2, 0.25) is 5.02 Å². The van der Waals surface area contributed by atoms with Crippen molar-refractivity contribution in [1.82, 2.24) is 5.32 Å². The molecule has 1 saturated heterocycles. The van der Waals surface area contributed by atoms with Crippen molar-refractivity contribution < 1.29 is 9.66 Å². The Morgan fingerprint density at radius 1 is 1.58 bits per heavy atom. The first kappa shape index (κ1) is 14.1. The van der Waals surface area contributed by atoms with Crippen LogP contribution in [0.1, 0.15) is 18.4 Å². The minimum absolute atomic E-state index is 0.0773. The quantitative estimate of drug-likeness (QED) is 0.667. The third-order valence-corrected chi connectivity index (χ3v) is 3.69. The molecule has 1 aliphatic heterocycles. The molecule has 1 atom stereocenters. The van der Waals surface area contributed by atoms with Gasteiger partial charge in [-0.25, -0.2) is 0 Å². The number of benzene rings is 1. The predicted octanol–water partition coefficient (Wildman–Crippen LogP) is 2.94. The molecule has 1 unspecified atom stereocenters. The van der Waals surface area contributed by atoms with Gasteiger partial charge in [0.15, 0.2) is 0 Å². The van der Waals surface area contributed by atoms with Gasteiger partial charge >= 0.3 is 0 Å². The van der Waals surface area contributed by atoms with Crippen molar-refractivity contribution in [2.75, 3.05) is 19.7 Å². The van der Waals surface area contributed by atoms with Crippen LogP contribution < -0.4 is 10.1 Å². The van der Waals surface area contributed by atoms with E-state index in [9.17, 15) is 10.1 Å². The van der Waals surface area contributed by atoms with Crippen LogP contribution in [-0.2, 0) is 0 Å². The summed E-state index contributed by atoms with van der Waals surface area (Å²) in [5.74, 6) is 1.29. The van der Waals surface area contributed by atoms with Gasteiger partial charge in [0.2, 0.25) is 0 Å². The van der Waals surface area contributed by atoms with Crippen molar-refractivity contribution in [3.63, 3.8) is 0 Å². The molecular formula is C13H17ClN2O3. The van der Waals surface area contributed by atoms with Crippen LogP contribution in [0.25, 0.3) is 0 Å². The lowest BCUT2D eigenvalue weighted by atomic mass is 10.1. The van der Waals surface area contributed by atoms with E-state index in [0.29, 0.717) is 18.3 Å². The molecule has 2 rings (SSSR count). The van der Waals surface area contributed by atoms with Crippen molar-refractivity contribution >= 4 is 17.3 Å². The zero-order valence-electron chi connectivity index (χ0n) is 10.8. The van der Waals surface area contributed by atoms with Crippen molar-refractivity contribution in [2.45, 2.75) is 19.8 Å². The maximum Gasteiger partial charge on any atom is 0.288 e. The largest absolute Gasteiger partial charge is 0.493 e.